The molecule has 3 nitrogen and oxygen atoms in total. The van der Waals surface area contributed by atoms with Gasteiger partial charge in [0.15, 0.2) is 6.10 Å². The molecule has 1 atom stereocenters. The highest BCUT2D eigenvalue weighted by atomic mass is 35.5. The van der Waals surface area contributed by atoms with E-state index < -0.39 is 6.10 Å². The van der Waals surface area contributed by atoms with Crippen LogP contribution in [0.15, 0.2) is 24.3 Å². The molecule has 2 rings (SSSR count). The Morgan fingerprint density at radius 2 is 2.11 bits per heavy atom. The quantitative estimate of drug-likeness (QED) is 0.850. The van der Waals surface area contributed by atoms with Crippen LogP contribution in [-0.2, 0) is 4.79 Å². The maximum atomic E-state index is 12.3. The Balaban J connectivity index is 1.92. The number of likely N-dealkylation sites (tertiary alicyclic amines) is 1. The Bertz CT molecular complexity index is 442. The second kappa shape index (κ2) is 6.29. The molecule has 0 aliphatic carbocycles. The first-order valence-corrected chi connectivity index (χ1v) is 7.15. The molecule has 1 aliphatic rings. The number of halogens is 1. The van der Waals surface area contributed by atoms with Crippen LogP contribution in [-0.4, -0.2) is 30.0 Å². The van der Waals surface area contributed by atoms with Crippen LogP contribution in [0.3, 0.4) is 0 Å². The van der Waals surface area contributed by atoms with Gasteiger partial charge in [0.1, 0.15) is 5.75 Å². The van der Waals surface area contributed by atoms with Gasteiger partial charge in [0.2, 0.25) is 0 Å². The number of piperidine rings is 1. The summed E-state index contributed by atoms with van der Waals surface area (Å²) < 4.78 is 5.66. The van der Waals surface area contributed by atoms with E-state index >= 15 is 0 Å². The molecule has 0 N–H and O–H groups in total. The fourth-order valence-electron chi connectivity index (χ4n) is 2.28. The van der Waals surface area contributed by atoms with E-state index in [2.05, 4.69) is 6.92 Å². The van der Waals surface area contributed by atoms with Crippen LogP contribution in [0.1, 0.15) is 26.7 Å². The fraction of sp³-hybridized carbons (Fsp3) is 0.533. The van der Waals surface area contributed by atoms with Gasteiger partial charge >= 0.3 is 0 Å². The van der Waals surface area contributed by atoms with Gasteiger partial charge < -0.3 is 9.64 Å². The summed E-state index contributed by atoms with van der Waals surface area (Å²) in [5.74, 6) is 1.42. The molecule has 0 aromatic heterocycles. The average molecular weight is 282 g/mol. The first kappa shape index (κ1) is 14.2. The highest BCUT2D eigenvalue weighted by Gasteiger charge is 2.25. The molecule has 1 heterocycles. The molecule has 0 saturated carbocycles. The zero-order valence-electron chi connectivity index (χ0n) is 11.4. The first-order valence-electron chi connectivity index (χ1n) is 6.77. The third-order valence-corrected chi connectivity index (χ3v) is 3.79. The molecular formula is C15H20ClNO2. The average Bonchev–Trinajstić information content (AvgIpc) is 2.39. The van der Waals surface area contributed by atoms with Crippen molar-refractivity contribution >= 4 is 17.5 Å². The lowest BCUT2D eigenvalue weighted by atomic mass is 9.99. The van der Waals surface area contributed by atoms with Gasteiger partial charge in [-0.15, -0.1) is 0 Å². The zero-order valence-corrected chi connectivity index (χ0v) is 12.2. The predicted molar refractivity (Wildman–Crippen MR) is 76.5 cm³/mol. The second-order valence-corrected chi connectivity index (χ2v) is 5.66. The van der Waals surface area contributed by atoms with E-state index in [1.165, 1.54) is 0 Å². The largest absolute Gasteiger partial charge is 0.481 e. The van der Waals surface area contributed by atoms with Crippen LogP contribution < -0.4 is 4.74 Å². The highest BCUT2D eigenvalue weighted by molar-refractivity contribution is 6.30. The Labute approximate surface area is 119 Å². The normalized spacial score (nSPS) is 18.2. The number of ether oxygens (including phenoxy) is 1. The topological polar surface area (TPSA) is 29.5 Å². The van der Waals surface area contributed by atoms with E-state index in [1.807, 2.05) is 17.0 Å². The number of carbonyl (C=O) groups is 1. The lowest BCUT2D eigenvalue weighted by molar-refractivity contribution is -0.139. The lowest BCUT2D eigenvalue weighted by Crippen LogP contribution is -2.44. The molecule has 0 bridgehead atoms. The third kappa shape index (κ3) is 3.87. The minimum atomic E-state index is -0.466. The predicted octanol–water partition coefficient (Wildman–Crippen LogP) is 3.37. The van der Waals surface area contributed by atoms with Crippen molar-refractivity contribution in [2.75, 3.05) is 13.1 Å². The van der Waals surface area contributed by atoms with E-state index in [4.69, 9.17) is 16.3 Å². The molecule has 1 unspecified atom stereocenters. The standard InChI is InChI=1S/C15H20ClNO2/c1-11-6-8-17(9-7-11)15(18)12(2)19-14-5-3-4-13(16)10-14/h3-5,10-12H,6-9H2,1-2H3. The van der Waals surface area contributed by atoms with Crippen LogP contribution in [0.4, 0.5) is 0 Å². The van der Waals surface area contributed by atoms with Crippen molar-refractivity contribution in [2.45, 2.75) is 32.8 Å². The van der Waals surface area contributed by atoms with Crippen LogP contribution in [0, 0.1) is 5.92 Å². The highest BCUT2D eigenvalue weighted by Crippen LogP contribution is 2.20. The molecule has 1 fully saturated rings. The van der Waals surface area contributed by atoms with E-state index in [1.54, 1.807) is 19.1 Å². The molecule has 1 aliphatic heterocycles. The number of benzene rings is 1. The Kier molecular flexibility index (Phi) is 4.70. The summed E-state index contributed by atoms with van der Waals surface area (Å²) in [4.78, 5) is 14.2. The summed E-state index contributed by atoms with van der Waals surface area (Å²) in [5, 5.41) is 0.615. The van der Waals surface area contributed by atoms with Crippen LogP contribution in [0.5, 0.6) is 5.75 Å². The SMILES string of the molecule is CC1CCN(C(=O)C(C)Oc2cccc(Cl)c2)CC1. The molecule has 0 radical (unpaired) electrons. The van der Waals surface area contributed by atoms with Gasteiger partial charge in [-0.05, 0) is 43.9 Å². The summed E-state index contributed by atoms with van der Waals surface area (Å²) in [6.07, 6.45) is 1.69. The molecule has 1 aromatic carbocycles. The second-order valence-electron chi connectivity index (χ2n) is 5.23. The van der Waals surface area contributed by atoms with E-state index in [0.29, 0.717) is 16.7 Å². The summed E-state index contributed by atoms with van der Waals surface area (Å²) in [5.41, 5.74) is 0. The number of carbonyl (C=O) groups excluding carboxylic acids is 1. The van der Waals surface area contributed by atoms with Crippen molar-refractivity contribution in [3.05, 3.63) is 29.3 Å². The van der Waals surface area contributed by atoms with Crippen LogP contribution in [0.2, 0.25) is 5.02 Å². The van der Waals surface area contributed by atoms with Gasteiger partial charge in [-0.1, -0.05) is 24.6 Å². The Morgan fingerprint density at radius 1 is 1.42 bits per heavy atom. The van der Waals surface area contributed by atoms with Gasteiger partial charge in [0, 0.05) is 18.1 Å². The smallest absolute Gasteiger partial charge is 0.263 e. The van der Waals surface area contributed by atoms with Gasteiger partial charge in [0.25, 0.3) is 5.91 Å². The van der Waals surface area contributed by atoms with Gasteiger partial charge in [0.05, 0.1) is 0 Å². The van der Waals surface area contributed by atoms with Gasteiger partial charge in [-0.3, -0.25) is 4.79 Å². The number of hydrogen-bond acceptors (Lipinski definition) is 2. The number of amides is 1. The van der Waals surface area contributed by atoms with Gasteiger partial charge in [-0.2, -0.15) is 0 Å². The Morgan fingerprint density at radius 3 is 2.74 bits per heavy atom. The first-order chi connectivity index (χ1) is 9.06. The van der Waals surface area contributed by atoms with E-state index in [0.717, 1.165) is 25.9 Å². The summed E-state index contributed by atoms with van der Waals surface area (Å²) in [6, 6.07) is 7.14. The monoisotopic (exact) mass is 281 g/mol. The number of nitrogens with zero attached hydrogens (tertiary/aromatic N) is 1. The fourth-order valence-corrected chi connectivity index (χ4v) is 2.46. The number of hydrogen-bond donors (Lipinski definition) is 0. The Hall–Kier alpha value is -1.22. The zero-order chi connectivity index (χ0) is 13.8. The molecule has 1 saturated heterocycles. The number of rotatable bonds is 3. The van der Waals surface area contributed by atoms with Crippen molar-refractivity contribution < 1.29 is 9.53 Å². The molecule has 104 valence electrons. The minimum absolute atomic E-state index is 0.0619. The maximum Gasteiger partial charge on any atom is 0.263 e. The summed E-state index contributed by atoms with van der Waals surface area (Å²) in [7, 11) is 0. The van der Waals surface area contributed by atoms with Crippen molar-refractivity contribution in [1.82, 2.24) is 4.90 Å². The van der Waals surface area contributed by atoms with Crippen molar-refractivity contribution in [3.8, 4) is 5.75 Å². The van der Waals surface area contributed by atoms with Crippen molar-refractivity contribution in [1.29, 1.82) is 0 Å². The van der Waals surface area contributed by atoms with E-state index in [9.17, 15) is 4.79 Å². The molecule has 1 aromatic rings. The molecule has 1 amide bonds. The van der Waals surface area contributed by atoms with E-state index in [-0.39, 0.29) is 5.91 Å². The third-order valence-electron chi connectivity index (χ3n) is 3.55. The molecular weight excluding hydrogens is 262 g/mol. The molecule has 4 heteroatoms. The minimum Gasteiger partial charge on any atom is -0.481 e. The van der Waals surface area contributed by atoms with Crippen molar-refractivity contribution in [3.63, 3.8) is 0 Å². The van der Waals surface area contributed by atoms with Crippen molar-refractivity contribution in [2.24, 2.45) is 5.92 Å². The summed E-state index contributed by atoms with van der Waals surface area (Å²) >= 11 is 5.90. The summed E-state index contributed by atoms with van der Waals surface area (Å²) in [6.45, 7) is 5.70. The van der Waals surface area contributed by atoms with Crippen LogP contribution in [0.25, 0.3) is 0 Å². The molecule has 0 spiro atoms. The maximum absolute atomic E-state index is 12.3. The lowest BCUT2D eigenvalue weighted by Gasteiger charge is -2.32. The molecule has 19 heavy (non-hydrogen) atoms. The van der Waals surface area contributed by atoms with Gasteiger partial charge in [-0.25, -0.2) is 0 Å². The van der Waals surface area contributed by atoms with Crippen LogP contribution >= 0.6 is 11.6 Å².